The number of nitrogens with zero attached hydrogens (tertiary/aromatic N) is 3. The maximum Gasteiger partial charge on any atom is 0.258 e. The summed E-state index contributed by atoms with van der Waals surface area (Å²) in [6.07, 6.45) is 1.57. The van der Waals surface area contributed by atoms with Crippen molar-refractivity contribution < 1.29 is 28.3 Å². The lowest BCUT2D eigenvalue weighted by Gasteiger charge is -2.23. The third kappa shape index (κ3) is 3.93. The van der Waals surface area contributed by atoms with Gasteiger partial charge >= 0.3 is 0 Å². The summed E-state index contributed by atoms with van der Waals surface area (Å²) in [6.45, 7) is 0.590. The molecule has 3 aromatic rings. The fourth-order valence-corrected chi connectivity index (χ4v) is 3.86. The molecule has 1 atom stereocenters. The Hall–Kier alpha value is -3.75. The fraction of sp³-hybridized carbons (Fsp3) is 0.348. The van der Waals surface area contributed by atoms with Gasteiger partial charge in [0.1, 0.15) is 17.5 Å². The highest BCUT2D eigenvalue weighted by Crippen LogP contribution is 2.36. The van der Waals surface area contributed by atoms with Crippen LogP contribution < -0.4 is 18.9 Å². The van der Waals surface area contributed by atoms with Crippen molar-refractivity contribution in [3.63, 3.8) is 0 Å². The van der Waals surface area contributed by atoms with E-state index in [-0.39, 0.29) is 11.9 Å². The molecule has 0 spiro atoms. The Balaban J connectivity index is 1.60. The van der Waals surface area contributed by atoms with Gasteiger partial charge in [-0.05, 0) is 43.2 Å². The molecule has 2 aromatic carbocycles. The molecule has 1 saturated heterocycles. The van der Waals surface area contributed by atoms with Crippen LogP contribution in [0.15, 0.2) is 40.9 Å². The molecule has 4 rings (SSSR count). The molecule has 0 radical (unpaired) electrons. The van der Waals surface area contributed by atoms with Gasteiger partial charge in [0.05, 0.1) is 34.0 Å². The third-order valence-corrected chi connectivity index (χ3v) is 5.52. The number of carbonyl (C=O) groups is 1. The van der Waals surface area contributed by atoms with E-state index in [4.69, 9.17) is 23.5 Å². The third-order valence-electron chi connectivity index (χ3n) is 5.52. The van der Waals surface area contributed by atoms with Gasteiger partial charge in [-0.2, -0.15) is 4.98 Å². The van der Waals surface area contributed by atoms with Crippen LogP contribution in [0.4, 0.5) is 0 Å². The molecule has 1 fully saturated rings. The van der Waals surface area contributed by atoms with Gasteiger partial charge in [0, 0.05) is 18.2 Å². The average Bonchev–Trinajstić information content (AvgIpc) is 3.52. The molecule has 1 aliphatic heterocycles. The lowest BCUT2D eigenvalue weighted by atomic mass is 10.1. The van der Waals surface area contributed by atoms with E-state index in [1.807, 2.05) is 6.07 Å². The van der Waals surface area contributed by atoms with Crippen LogP contribution in [-0.4, -0.2) is 55.9 Å². The maximum absolute atomic E-state index is 13.3. The summed E-state index contributed by atoms with van der Waals surface area (Å²) in [5.41, 5.74) is 1.19. The van der Waals surface area contributed by atoms with Crippen LogP contribution in [0.25, 0.3) is 11.4 Å². The lowest BCUT2D eigenvalue weighted by molar-refractivity contribution is 0.0706. The summed E-state index contributed by atoms with van der Waals surface area (Å²) in [5.74, 6) is 2.92. The molecule has 1 aromatic heterocycles. The minimum Gasteiger partial charge on any atom is -0.497 e. The van der Waals surface area contributed by atoms with Crippen molar-refractivity contribution in [1.82, 2.24) is 15.0 Å². The monoisotopic (exact) mass is 439 g/mol. The first-order chi connectivity index (χ1) is 15.6. The zero-order valence-electron chi connectivity index (χ0n) is 18.5. The van der Waals surface area contributed by atoms with E-state index < -0.39 is 0 Å². The molecule has 0 aliphatic carbocycles. The first-order valence-corrected chi connectivity index (χ1v) is 10.2. The number of hydrogen-bond donors (Lipinski definition) is 0. The van der Waals surface area contributed by atoms with E-state index >= 15 is 0 Å². The maximum atomic E-state index is 13.3. The van der Waals surface area contributed by atoms with E-state index in [1.165, 1.54) is 7.11 Å². The summed E-state index contributed by atoms with van der Waals surface area (Å²) in [6, 6.07) is 10.2. The highest BCUT2D eigenvalue weighted by Gasteiger charge is 2.35. The second kappa shape index (κ2) is 9.17. The van der Waals surface area contributed by atoms with Crippen LogP contribution in [0.3, 0.4) is 0 Å². The summed E-state index contributed by atoms with van der Waals surface area (Å²) in [4.78, 5) is 19.6. The van der Waals surface area contributed by atoms with E-state index in [1.54, 1.807) is 56.6 Å². The number of rotatable bonds is 7. The zero-order chi connectivity index (χ0) is 22.7. The normalized spacial score (nSPS) is 15.5. The number of carbonyl (C=O) groups excluding carboxylic acids is 1. The molecule has 1 unspecified atom stereocenters. The molecule has 168 valence electrons. The summed E-state index contributed by atoms with van der Waals surface area (Å²) in [7, 11) is 6.24. The van der Waals surface area contributed by atoms with Gasteiger partial charge in [-0.3, -0.25) is 4.79 Å². The molecule has 0 N–H and O–H groups in total. The quantitative estimate of drug-likeness (QED) is 0.549. The van der Waals surface area contributed by atoms with Gasteiger partial charge in [-0.25, -0.2) is 0 Å². The van der Waals surface area contributed by atoms with Crippen LogP contribution in [0.5, 0.6) is 23.0 Å². The summed E-state index contributed by atoms with van der Waals surface area (Å²) >= 11 is 0. The van der Waals surface area contributed by atoms with Crippen molar-refractivity contribution in [2.75, 3.05) is 35.0 Å². The number of methoxy groups -OCH3 is 4. The van der Waals surface area contributed by atoms with Gasteiger partial charge in [-0.15, -0.1) is 0 Å². The average molecular weight is 439 g/mol. The number of ether oxygens (including phenoxy) is 4. The highest BCUT2D eigenvalue weighted by atomic mass is 16.5. The van der Waals surface area contributed by atoms with Gasteiger partial charge in [-0.1, -0.05) is 5.16 Å². The van der Waals surface area contributed by atoms with Gasteiger partial charge in [0.15, 0.2) is 11.5 Å². The molecule has 32 heavy (non-hydrogen) atoms. The molecule has 2 heterocycles. The minimum atomic E-state index is -0.310. The second-order valence-electron chi connectivity index (χ2n) is 7.25. The number of aromatic nitrogens is 2. The van der Waals surface area contributed by atoms with Crippen LogP contribution in [0, 0.1) is 0 Å². The molecule has 9 heteroatoms. The number of amides is 1. The Labute approximate surface area is 185 Å². The largest absolute Gasteiger partial charge is 0.497 e. The molecular formula is C23H25N3O6. The molecule has 1 aliphatic rings. The highest BCUT2D eigenvalue weighted by molar-refractivity contribution is 5.97. The Bertz CT molecular complexity index is 1110. The minimum absolute atomic E-state index is 0.155. The summed E-state index contributed by atoms with van der Waals surface area (Å²) < 4.78 is 26.8. The van der Waals surface area contributed by atoms with Crippen LogP contribution in [-0.2, 0) is 0 Å². The van der Waals surface area contributed by atoms with Crippen molar-refractivity contribution >= 4 is 5.91 Å². The van der Waals surface area contributed by atoms with Crippen molar-refractivity contribution in [1.29, 1.82) is 0 Å². The van der Waals surface area contributed by atoms with E-state index in [2.05, 4.69) is 10.1 Å². The van der Waals surface area contributed by atoms with Gasteiger partial charge in [0.2, 0.25) is 11.7 Å². The zero-order valence-corrected chi connectivity index (χ0v) is 18.5. The first kappa shape index (κ1) is 21.5. The molecular weight excluding hydrogens is 414 g/mol. The Morgan fingerprint density at radius 3 is 2.47 bits per heavy atom. The SMILES string of the molecule is COc1ccc(C(=O)N2CCCC2c2nc(-c3ccc(OC)c(OC)c3)no2)c(OC)c1. The van der Waals surface area contributed by atoms with Gasteiger partial charge < -0.3 is 28.4 Å². The standard InChI is InChI=1S/C23H25N3O6/c1-28-15-8-9-16(19(13-15)30-3)23(27)26-11-5-6-17(26)22-24-21(25-32-22)14-7-10-18(29-2)20(12-14)31-4/h7-10,12-13,17H,5-6,11H2,1-4H3. The Morgan fingerprint density at radius 2 is 1.75 bits per heavy atom. The predicted molar refractivity (Wildman–Crippen MR) is 115 cm³/mol. The van der Waals surface area contributed by atoms with Crippen LogP contribution in [0.1, 0.15) is 35.1 Å². The van der Waals surface area contributed by atoms with Crippen molar-refractivity contribution in [2.24, 2.45) is 0 Å². The van der Waals surface area contributed by atoms with Gasteiger partial charge in [0.25, 0.3) is 5.91 Å². The molecule has 0 saturated carbocycles. The second-order valence-corrected chi connectivity index (χ2v) is 7.25. The summed E-state index contributed by atoms with van der Waals surface area (Å²) in [5, 5.41) is 4.12. The van der Waals surface area contributed by atoms with Crippen molar-refractivity contribution in [3.8, 4) is 34.4 Å². The Kier molecular flexibility index (Phi) is 6.16. The van der Waals surface area contributed by atoms with E-state index in [0.29, 0.717) is 46.8 Å². The Morgan fingerprint density at radius 1 is 0.969 bits per heavy atom. The van der Waals surface area contributed by atoms with Crippen molar-refractivity contribution in [3.05, 3.63) is 47.9 Å². The number of likely N-dealkylation sites (tertiary alicyclic amines) is 1. The number of benzene rings is 2. The van der Waals surface area contributed by atoms with Crippen LogP contribution in [0.2, 0.25) is 0 Å². The van der Waals surface area contributed by atoms with Crippen LogP contribution >= 0.6 is 0 Å². The number of hydrogen-bond acceptors (Lipinski definition) is 8. The lowest BCUT2D eigenvalue weighted by Crippen LogP contribution is -2.31. The smallest absolute Gasteiger partial charge is 0.258 e. The van der Waals surface area contributed by atoms with E-state index in [0.717, 1.165) is 18.4 Å². The predicted octanol–water partition coefficient (Wildman–Crippen LogP) is 3.75. The molecule has 9 nitrogen and oxygen atoms in total. The fourth-order valence-electron chi connectivity index (χ4n) is 3.86. The molecule has 0 bridgehead atoms. The topological polar surface area (TPSA) is 96.2 Å². The van der Waals surface area contributed by atoms with Crippen molar-refractivity contribution in [2.45, 2.75) is 18.9 Å². The van der Waals surface area contributed by atoms with E-state index in [9.17, 15) is 4.79 Å². The molecule has 1 amide bonds. The first-order valence-electron chi connectivity index (χ1n) is 10.2.